The van der Waals surface area contributed by atoms with Crippen LogP contribution in [0.1, 0.15) is 52.1 Å². The first-order chi connectivity index (χ1) is 17.4. The molecule has 0 unspecified atom stereocenters. The maximum atomic E-state index is 12.4. The Morgan fingerprint density at radius 2 is 1.43 bits per heavy atom. The molecule has 0 radical (unpaired) electrons. The van der Waals surface area contributed by atoms with E-state index in [4.69, 9.17) is 11.6 Å². The first kappa shape index (κ1) is 27.7. The number of fused-ring (bicyclic) bond motifs is 1. The molecule has 0 aliphatic carbocycles. The van der Waals surface area contributed by atoms with Gasteiger partial charge in [-0.1, -0.05) is 32.4 Å². The van der Waals surface area contributed by atoms with Crippen molar-refractivity contribution in [3.63, 3.8) is 0 Å². The molecule has 0 saturated heterocycles. The van der Waals surface area contributed by atoms with Gasteiger partial charge in [-0.2, -0.15) is 4.63 Å². The van der Waals surface area contributed by atoms with Crippen LogP contribution in [0.2, 0.25) is 5.02 Å². The molecule has 3 aromatic rings. The van der Waals surface area contributed by atoms with Gasteiger partial charge in [-0.05, 0) is 18.2 Å². The third kappa shape index (κ3) is 7.06. The third-order valence-electron chi connectivity index (χ3n) is 5.32. The van der Waals surface area contributed by atoms with E-state index < -0.39 is 23.8 Å². The summed E-state index contributed by atoms with van der Waals surface area (Å²) in [4.78, 5) is 52.1. The number of aromatic amines is 1. The number of hydrogen-bond donors (Lipinski definition) is 3. The maximum absolute atomic E-state index is 12.4. The highest BCUT2D eigenvalue weighted by Crippen LogP contribution is 2.33. The Hall–Kier alpha value is -3.93. The van der Waals surface area contributed by atoms with Gasteiger partial charge in [0.2, 0.25) is 11.8 Å². The van der Waals surface area contributed by atoms with Crippen molar-refractivity contribution in [1.29, 1.82) is 0 Å². The summed E-state index contributed by atoms with van der Waals surface area (Å²) >= 11 is 6.54. The highest BCUT2D eigenvalue weighted by atomic mass is 35.5. The Morgan fingerprint density at radius 1 is 0.919 bits per heavy atom. The normalized spacial score (nSPS) is 11.3. The maximum Gasteiger partial charge on any atom is 0.306 e. The number of esters is 2. The number of amides is 2. The molecule has 37 heavy (non-hydrogen) atoms. The number of benzene rings is 1. The van der Waals surface area contributed by atoms with Crippen LogP contribution in [0.4, 0.5) is 11.4 Å². The van der Waals surface area contributed by atoms with Crippen molar-refractivity contribution in [3.05, 3.63) is 28.9 Å². The molecule has 3 rings (SSSR count). The highest BCUT2D eigenvalue weighted by molar-refractivity contribution is 6.34. The number of carbonyl (C=O) groups is 4. The van der Waals surface area contributed by atoms with Crippen LogP contribution in [0, 0.1) is 0 Å². The van der Waals surface area contributed by atoms with E-state index in [1.807, 2.05) is 20.8 Å². The van der Waals surface area contributed by atoms with E-state index in [0.29, 0.717) is 33.4 Å². The van der Waals surface area contributed by atoms with Gasteiger partial charge in [-0.15, -0.1) is 5.10 Å². The quantitative estimate of drug-likeness (QED) is 0.353. The first-order valence-corrected chi connectivity index (χ1v) is 11.8. The Morgan fingerprint density at radius 3 is 1.86 bits per heavy atom. The van der Waals surface area contributed by atoms with Crippen LogP contribution >= 0.6 is 11.6 Å². The molecular formula is C24H29ClN6O6. The van der Waals surface area contributed by atoms with E-state index in [1.165, 1.54) is 18.8 Å². The number of H-pyrrole nitrogens is 1. The van der Waals surface area contributed by atoms with Gasteiger partial charge in [-0.3, -0.25) is 24.3 Å². The van der Waals surface area contributed by atoms with Gasteiger partial charge in [-0.25, -0.2) is 4.98 Å². The van der Waals surface area contributed by atoms with Gasteiger partial charge in [0.1, 0.15) is 5.02 Å². The molecule has 13 heteroatoms. The van der Waals surface area contributed by atoms with Gasteiger partial charge >= 0.3 is 11.9 Å². The van der Waals surface area contributed by atoms with Crippen LogP contribution in [0.15, 0.2) is 18.2 Å². The minimum absolute atomic E-state index is 0.0823. The van der Waals surface area contributed by atoms with Crippen molar-refractivity contribution in [2.45, 2.75) is 51.9 Å². The van der Waals surface area contributed by atoms with E-state index in [9.17, 15) is 19.2 Å². The average molecular weight is 533 g/mol. The second-order valence-electron chi connectivity index (χ2n) is 9.27. The Bertz CT molecular complexity index is 1290. The fourth-order valence-electron chi connectivity index (χ4n) is 3.40. The van der Waals surface area contributed by atoms with E-state index in [-0.39, 0.29) is 31.1 Å². The molecule has 0 aliphatic heterocycles. The van der Waals surface area contributed by atoms with Crippen LogP contribution < -0.4 is 10.6 Å². The van der Waals surface area contributed by atoms with Crippen LogP contribution in [0.25, 0.3) is 17.0 Å². The smallest absolute Gasteiger partial charge is 0.306 e. The summed E-state index contributed by atoms with van der Waals surface area (Å²) in [6, 6.07) is 4.81. The van der Waals surface area contributed by atoms with Crippen LogP contribution in [-0.2, 0) is 34.1 Å². The molecule has 1 aromatic carbocycles. The fraction of sp³-hybridized carbons (Fsp3) is 0.417. The van der Waals surface area contributed by atoms with E-state index >= 15 is 0 Å². The minimum atomic E-state index is -0.508. The van der Waals surface area contributed by atoms with E-state index in [2.05, 4.69) is 35.3 Å². The molecule has 198 valence electrons. The Kier molecular flexibility index (Phi) is 8.53. The number of nitrogens with one attached hydrogen (secondary N) is 3. The molecule has 0 bridgehead atoms. The summed E-state index contributed by atoms with van der Waals surface area (Å²) in [5, 5.41) is 13.5. The van der Waals surface area contributed by atoms with Gasteiger partial charge in [0.15, 0.2) is 11.5 Å². The summed E-state index contributed by atoms with van der Waals surface area (Å²) < 4.78 is 10.6. The van der Waals surface area contributed by atoms with Crippen molar-refractivity contribution >= 4 is 52.4 Å². The lowest BCUT2D eigenvalue weighted by Crippen LogP contribution is -2.16. The van der Waals surface area contributed by atoms with Crippen molar-refractivity contribution in [2.24, 2.45) is 0 Å². The zero-order valence-corrected chi connectivity index (χ0v) is 22.0. The average Bonchev–Trinajstić information content (AvgIpc) is 3.40. The molecular weight excluding hydrogens is 504 g/mol. The van der Waals surface area contributed by atoms with Crippen LogP contribution in [0.5, 0.6) is 0 Å². The molecule has 0 atom stereocenters. The monoisotopic (exact) mass is 532 g/mol. The molecule has 0 spiro atoms. The first-order valence-electron chi connectivity index (χ1n) is 11.4. The number of rotatable bonds is 9. The van der Waals surface area contributed by atoms with Crippen molar-refractivity contribution in [1.82, 2.24) is 19.8 Å². The van der Waals surface area contributed by atoms with Crippen molar-refractivity contribution < 1.29 is 28.7 Å². The molecule has 12 nitrogen and oxygen atoms in total. The second kappa shape index (κ2) is 11.4. The summed E-state index contributed by atoms with van der Waals surface area (Å²) in [5.74, 6) is -1.57. The van der Waals surface area contributed by atoms with Crippen LogP contribution in [0.3, 0.4) is 0 Å². The lowest BCUT2D eigenvalue weighted by atomic mass is 9.92. The highest BCUT2D eigenvalue weighted by Gasteiger charge is 2.24. The molecule has 0 fully saturated rings. The Balaban J connectivity index is 1.92. The number of anilines is 2. The standard InChI is InChI=1S/C24H29ClN6O6/c1-24(2,3)21-20(25)23-28-22(30-31(23)29-21)13-10-14(26-16(32)6-8-18(34)36-4)12-15(11-13)27-17(33)7-9-19(35)37-5/h10-12,29H,6-9H2,1-5H3,(H,26,32)(H,27,33). The molecule has 2 heterocycles. The zero-order chi connectivity index (χ0) is 27.3. The van der Waals surface area contributed by atoms with Crippen molar-refractivity contribution in [2.75, 3.05) is 24.9 Å². The SMILES string of the molecule is COC(=O)CCC(=O)Nc1cc(NC(=O)CCC(=O)OC)cc(-c2nc3c(Cl)c(C(C)(C)C)[nH]n3n2)c1. The number of ether oxygens (including phenoxy) is 2. The van der Waals surface area contributed by atoms with E-state index in [1.54, 1.807) is 18.2 Å². The lowest BCUT2D eigenvalue weighted by molar-refractivity contribution is -0.142. The topological polar surface area (TPSA) is 157 Å². The summed E-state index contributed by atoms with van der Waals surface area (Å²) in [6.07, 6.45) is -0.342. The summed E-state index contributed by atoms with van der Waals surface area (Å²) in [7, 11) is 2.49. The number of methoxy groups -OCH3 is 2. The fourth-order valence-corrected chi connectivity index (χ4v) is 3.85. The largest absolute Gasteiger partial charge is 0.469 e. The minimum Gasteiger partial charge on any atom is -0.469 e. The zero-order valence-electron chi connectivity index (χ0n) is 21.2. The van der Waals surface area contributed by atoms with Gasteiger partial charge in [0.05, 0.1) is 32.8 Å². The summed E-state index contributed by atoms with van der Waals surface area (Å²) in [5.41, 5.74) is 2.12. The van der Waals surface area contributed by atoms with Gasteiger partial charge in [0, 0.05) is 35.2 Å². The van der Waals surface area contributed by atoms with Gasteiger partial charge < -0.3 is 20.1 Å². The number of carbonyl (C=O) groups excluding carboxylic acids is 4. The molecule has 2 aromatic heterocycles. The predicted octanol–water partition coefficient (Wildman–Crippen LogP) is 3.46. The second-order valence-corrected chi connectivity index (χ2v) is 9.65. The number of nitrogens with zero attached hydrogens (tertiary/aromatic N) is 3. The number of aromatic nitrogens is 4. The van der Waals surface area contributed by atoms with Crippen LogP contribution in [-0.4, -0.2) is 57.8 Å². The molecule has 0 aliphatic rings. The predicted molar refractivity (Wildman–Crippen MR) is 136 cm³/mol. The molecule has 2 amide bonds. The third-order valence-corrected chi connectivity index (χ3v) is 5.68. The van der Waals surface area contributed by atoms with Crippen molar-refractivity contribution in [3.8, 4) is 11.4 Å². The van der Waals surface area contributed by atoms with E-state index in [0.717, 1.165) is 5.69 Å². The number of halogens is 1. The lowest BCUT2D eigenvalue weighted by Gasteiger charge is -2.16. The number of hydrogen-bond acceptors (Lipinski definition) is 8. The summed E-state index contributed by atoms with van der Waals surface area (Å²) in [6.45, 7) is 6.02. The Labute approximate surface area is 218 Å². The molecule has 0 saturated carbocycles. The van der Waals surface area contributed by atoms with Gasteiger partial charge in [0.25, 0.3) is 0 Å². The molecule has 3 N–H and O–H groups in total.